The van der Waals surface area contributed by atoms with Gasteiger partial charge in [0.1, 0.15) is 5.54 Å². The summed E-state index contributed by atoms with van der Waals surface area (Å²) in [4.78, 5) is 24.9. The highest BCUT2D eigenvalue weighted by atomic mass is 32.2. The largest absolute Gasteiger partial charge is 0.325 e. The van der Waals surface area contributed by atoms with Gasteiger partial charge in [-0.3, -0.25) is 10.1 Å². The molecule has 0 bridgehead atoms. The number of hydrogen-bond donors (Lipinski definition) is 1. The van der Waals surface area contributed by atoms with Crippen LogP contribution in [0.25, 0.3) is 0 Å². The van der Waals surface area contributed by atoms with Crippen LogP contribution in [0.5, 0.6) is 0 Å². The molecule has 1 rings (SSSR count). The molecule has 1 unspecified atom stereocenters. The first-order valence-electron chi connectivity index (χ1n) is 5.77. The summed E-state index contributed by atoms with van der Waals surface area (Å²) < 4.78 is 0. The highest BCUT2D eigenvalue weighted by Gasteiger charge is 2.47. The van der Waals surface area contributed by atoms with E-state index < -0.39 is 5.54 Å². The van der Waals surface area contributed by atoms with Crippen LogP contribution in [-0.2, 0) is 4.79 Å². The minimum Gasteiger partial charge on any atom is -0.310 e. The number of urea groups is 1. The summed E-state index contributed by atoms with van der Waals surface area (Å²) in [5.74, 6) is 1.97. The lowest BCUT2D eigenvalue weighted by Gasteiger charge is -2.30. The monoisotopic (exact) mass is 244 g/mol. The van der Waals surface area contributed by atoms with E-state index in [-0.39, 0.29) is 11.9 Å². The first-order chi connectivity index (χ1) is 7.56. The van der Waals surface area contributed by atoms with Gasteiger partial charge in [-0.15, -0.1) is 0 Å². The average Bonchev–Trinajstić information content (AvgIpc) is 2.47. The molecule has 1 saturated heterocycles. The third-order valence-electron chi connectivity index (χ3n) is 3.11. The van der Waals surface area contributed by atoms with E-state index in [2.05, 4.69) is 12.2 Å². The lowest BCUT2D eigenvalue weighted by Crippen LogP contribution is -2.46. The number of imide groups is 1. The van der Waals surface area contributed by atoms with E-state index >= 15 is 0 Å². The smallest absolute Gasteiger partial charge is 0.310 e. The average molecular weight is 244 g/mol. The van der Waals surface area contributed by atoms with Crippen molar-refractivity contribution in [2.75, 3.05) is 18.1 Å². The topological polar surface area (TPSA) is 49.4 Å². The molecule has 16 heavy (non-hydrogen) atoms. The zero-order valence-corrected chi connectivity index (χ0v) is 11.0. The zero-order chi connectivity index (χ0) is 12.2. The van der Waals surface area contributed by atoms with Gasteiger partial charge >= 0.3 is 6.03 Å². The fraction of sp³-hybridized carbons (Fsp3) is 0.818. The van der Waals surface area contributed by atoms with Crippen molar-refractivity contribution in [1.29, 1.82) is 0 Å². The molecule has 1 fully saturated rings. The van der Waals surface area contributed by atoms with Crippen molar-refractivity contribution in [1.82, 2.24) is 10.2 Å². The Kier molecular flexibility index (Phi) is 4.65. The van der Waals surface area contributed by atoms with Crippen LogP contribution in [0.3, 0.4) is 0 Å². The summed E-state index contributed by atoms with van der Waals surface area (Å²) in [6.07, 6.45) is 1.60. The molecule has 0 aliphatic carbocycles. The maximum atomic E-state index is 11.7. The predicted molar refractivity (Wildman–Crippen MR) is 66.6 cm³/mol. The lowest BCUT2D eigenvalue weighted by atomic mass is 9.97. The van der Waals surface area contributed by atoms with Gasteiger partial charge in [0.05, 0.1) is 0 Å². The molecule has 3 amide bonds. The van der Waals surface area contributed by atoms with E-state index in [9.17, 15) is 9.59 Å². The first kappa shape index (κ1) is 13.4. The third-order valence-corrected chi connectivity index (χ3v) is 4.10. The Morgan fingerprint density at radius 3 is 2.62 bits per heavy atom. The lowest BCUT2D eigenvalue weighted by molar-refractivity contribution is -0.126. The maximum absolute atomic E-state index is 11.7. The van der Waals surface area contributed by atoms with Crippen molar-refractivity contribution in [3.05, 3.63) is 0 Å². The number of nitrogens with one attached hydrogen (secondary N) is 1. The highest BCUT2D eigenvalue weighted by Crippen LogP contribution is 2.25. The van der Waals surface area contributed by atoms with Crippen LogP contribution in [0.2, 0.25) is 0 Å². The van der Waals surface area contributed by atoms with Crippen molar-refractivity contribution in [2.24, 2.45) is 0 Å². The second-order valence-electron chi connectivity index (χ2n) is 4.09. The molecular weight excluding hydrogens is 224 g/mol. The van der Waals surface area contributed by atoms with Gasteiger partial charge in [0.25, 0.3) is 5.91 Å². The van der Waals surface area contributed by atoms with Crippen molar-refractivity contribution < 1.29 is 9.59 Å². The number of rotatable bonds is 6. The van der Waals surface area contributed by atoms with Gasteiger partial charge in [-0.1, -0.05) is 13.8 Å². The normalized spacial score (nSPS) is 25.1. The number of carbonyl (C=O) groups excluding carboxylic acids is 2. The Balaban J connectivity index is 2.55. The van der Waals surface area contributed by atoms with Crippen molar-refractivity contribution in [3.8, 4) is 0 Å². The second-order valence-corrected chi connectivity index (χ2v) is 5.48. The molecule has 0 spiro atoms. The Morgan fingerprint density at radius 2 is 2.06 bits per heavy atom. The number of amides is 3. The molecule has 1 N–H and O–H groups in total. The summed E-state index contributed by atoms with van der Waals surface area (Å²) in [7, 11) is 0. The number of nitrogens with zero attached hydrogens (tertiary/aromatic N) is 1. The van der Waals surface area contributed by atoms with E-state index in [1.54, 1.807) is 4.90 Å². The molecule has 0 saturated carbocycles. The summed E-state index contributed by atoms with van der Waals surface area (Å²) >= 11 is 1.86. The van der Waals surface area contributed by atoms with Gasteiger partial charge in [0.2, 0.25) is 0 Å². The Bertz CT molecular complexity index is 283. The maximum Gasteiger partial charge on any atom is 0.325 e. The molecule has 0 aromatic rings. The quantitative estimate of drug-likeness (QED) is 0.573. The van der Waals surface area contributed by atoms with Crippen LogP contribution >= 0.6 is 11.8 Å². The molecule has 5 heteroatoms. The molecule has 1 aliphatic heterocycles. The Morgan fingerprint density at radius 1 is 1.38 bits per heavy atom. The molecule has 1 heterocycles. The minimum atomic E-state index is -0.645. The third kappa shape index (κ3) is 2.51. The van der Waals surface area contributed by atoms with Crippen molar-refractivity contribution in [2.45, 2.75) is 39.2 Å². The molecule has 0 radical (unpaired) electrons. The van der Waals surface area contributed by atoms with Crippen LogP contribution in [0, 0.1) is 0 Å². The van der Waals surface area contributed by atoms with Crippen molar-refractivity contribution >= 4 is 23.7 Å². The standard InChI is InChI=1S/C11H20N2O2S/c1-4-11(3)9(14)12-10(15)13(11)7-6-8-16-5-2/h4-8H2,1-3H3,(H,12,14,15). The highest BCUT2D eigenvalue weighted by molar-refractivity contribution is 7.99. The molecular formula is C11H20N2O2S. The number of carbonyl (C=O) groups is 2. The van der Waals surface area contributed by atoms with E-state index in [1.807, 2.05) is 25.6 Å². The Labute approximate surface area is 101 Å². The Hall–Kier alpha value is -0.710. The van der Waals surface area contributed by atoms with Crippen LogP contribution in [0.1, 0.15) is 33.6 Å². The second kappa shape index (κ2) is 5.57. The first-order valence-corrected chi connectivity index (χ1v) is 6.92. The molecule has 0 aromatic heterocycles. The van der Waals surface area contributed by atoms with E-state index in [4.69, 9.17) is 0 Å². The number of thioether (sulfide) groups is 1. The summed E-state index contributed by atoms with van der Waals surface area (Å²) in [6, 6.07) is -0.240. The van der Waals surface area contributed by atoms with Gasteiger partial charge in [-0.25, -0.2) is 4.79 Å². The fourth-order valence-corrected chi connectivity index (χ4v) is 2.44. The molecule has 0 aromatic carbocycles. The molecule has 1 aliphatic rings. The van der Waals surface area contributed by atoms with Gasteiger partial charge in [0.15, 0.2) is 0 Å². The van der Waals surface area contributed by atoms with Crippen LogP contribution in [0.15, 0.2) is 0 Å². The van der Waals surface area contributed by atoms with Gasteiger partial charge in [0, 0.05) is 6.54 Å². The van der Waals surface area contributed by atoms with Crippen LogP contribution in [0.4, 0.5) is 4.79 Å². The zero-order valence-electron chi connectivity index (χ0n) is 10.2. The van der Waals surface area contributed by atoms with Gasteiger partial charge in [-0.2, -0.15) is 11.8 Å². The SMILES string of the molecule is CCSCCCN1C(=O)NC(=O)C1(C)CC. The van der Waals surface area contributed by atoms with Crippen molar-refractivity contribution in [3.63, 3.8) is 0 Å². The van der Waals surface area contributed by atoms with E-state index in [0.29, 0.717) is 13.0 Å². The molecule has 4 nitrogen and oxygen atoms in total. The van der Waals surface area contributed by atoms with E-state index in [0.717, 1.165) is 17.9 Å². The predicted octanol–water partition coefficient (Wildman–Crippen LogP) is 1.85. The summed E-state index contributed by atoms with van der Waals surface area (Å²) in [5.41, 5.74) is -0.645. The van der Waals surface area contributed by atoms with Gasteiger partial charge in [-0.05, 0) is 31.3 Å². The number of hydrogen-bond acceptors (Lipinski definition) is 3. The molecule has 1 atom stereocenters. The van der Waals surface area contributed by atoms with E-state index in [1.165, 1.54) is 0 Å². The summed E-state index contributed by atoms with van der Waals surface area (Å²) in [6.45, 7) is 6.55. The fourth-order valence-electron chi connectivity index (χ4n) is 1.81. The van der Waals surface area contributed by atoms with Crippen LogP contribution < -0.4 is 5.32 Å². The minimum absolute atomic E-state index is 0.164. The summed E-state index contributed by atoms with van der Waals surface area (Å²) in [5, 5.41) is 2.39. The van der Waals surface area contributed by atoms with Gasteiger partial charge < -0.3 is 4.90 Å². The van der Waals surface area contributed by atoms with Crippen LogP contribution in [-0.4, -0.2) is 40.4 Å². The molecule has 92 valence electrons.